The van der Waals surface area contributed by atoms with Crippen LogP contribution in [-0.2, 0) is 0 Å². The maximum absolute atomic E-state index is 12.1. The van der Waals surface area contributed by atoms with Gasteiger partial charge in [-0.2, -0.15) is 0 Å². The Hall–Kier alpha value is -4.00. The predicted molar refractivity (Wildman–Crippen MR) is 102 cm³/mol. The van der Waals surface area contributed by atoms with E-state index in [1.165, 1.54) is 18.2 Å². The van der Waals surface area contributed by atoms with Crippen LogP contribution in [-0.4, -0.2) is 20.0 Å². The molecule has 1 aromatic heterocycles. The van der Waals surface area contributed by atoms with Crippen LogP contribution in [0.1, 0.15) is 0 Å². The van der Waals surface area contributed by atoms with Crippen molar-refractivity contribution in [3.63, 3.8) is 0 Å². The molecule has 7 heteroatoms. The van der Waals surface area contributed by atoms with Gasteiger partial charge in [0.05, 0.1) is 10.6 Å². The van der Waals surface area contributed by atoms with Gasteiger partial charge in [-0.15, -0.1) is 0 Å². The summed E-state index contributed by atoms with van der Waals surface area (Å²) in [7, 11) is 0. The zero-order chi connectivity index (χ0) is 19.0. The van der Waals surface area contributed by atoms with Crippen molar-refractivity contribution in [2.24, 2.45) is 0 Å². The molecule has 0 radical (unpaired) electrons. The second-order valence-corrected chi connectivity index (χ2v) is 6.03. The summed E-state index contributed by atoms with van der Waals surface area (Å²) in [6, 6.07) is 17.8. The van der Waals surface area contributed by atoms with Crippen LogP contribution in [0.15, 0.2) is 71.5 Å². The highest BCUT2D eigenvalue weighted by Gasteiger charge is 2.11. The molecule has 0 spiro atoms. The van der Waals surface area contributed by atoms with E-state index in [-0.39, 0.29) is 17.0 Å². The summed E-state index contributed by atoms with van der Waals surface area (Å²) in [6.45, 7) is 0. The lowest BCUT2D eigenvalue weighted by atomic mass is 10.1. The van der Waals surface area contributed by atoms with Gasteiger partial charge in [0.25, 0.3) is 11.2 Å². The third-order valence-electron chi connectivity index (χ3n) is 4.19. The number of H-pyrrole nitrogens is 1. The number of rotatable bonds is 3. The van der Waals surface area contributed by atoms with Crippen molar-refractivity contribution in [1.82, 2.24) is 9.97 Å². The molecule has 0 bridgehead atoms. The van der Waals surface area contributed by atoms with Crippen LogP contribution in [0.5, 0.6) is 5.75 Å². The van der Waals surface area contributed by atoms with Crippen molar-refractivity contribution >= 4 is 16.5 Å². The zero-order valence-electron chi connectivity index (χ0n) is 13.9. The van der Waals surface area contributed by atoms with Crippen LogP contribution in [0.25, 0.3) is 33.4 Å². The number of nitrogens with zero attached hydrogens (tertiary/aromatic N) is 2. The maximum Gasteiger partial charge on any atom is 0.270 e. The van der Waals surface area contributed by atoms with E-state index < -0.39 is 4.92 Å². The standard InChI is InChI=1S/C20H13N3O4/c24-17-7-6-12-8-15(5-4-13(12)10-17)20-21-18(11-19(25)22-20)14-2-1-3-16(9-14)23(26)27/h1-11,24H,(H,21,22,25). The Kier molecular flexibility index (Phi) is 3.89. The van der Waals surface area contributed by atoms with Gasteiger partial charge in [0.15, 0.2) is 0 Å². The molecule has 0 atom stereocenters. The highest BCUT2D eigenvalue weighted by atomic mass is 16.6. The summed E-state index contributed by atoms with van der Waals surface area (Å²) in [5.41, 5.74) is 1.11. The Morgan fingerprint density at radius 2 is 1.70 bits per heavy atom. The second kappa shape index (κ2) is 6.38. The fraction of sp³-hybridized carbons (Fsp3) is 0. The maximum atomic E-state index is 12.1. The fourth-order valence-electron chi connectivity index (χ4n) is 2.90. The summed E-state index contributed by atoms with van der Waals surface area (Å²) in [5, 5.41) is 22.3. The van der Waals surface area contributed by atoms with E-state index in [1.807, 2.05) is 12.1 Å². The number of nitro groups is 1. The smallest absolute Gasteiger partial charge is 0.270 e. The van der Waals surface area contributed by atoms with E-state index in [9.17, 15) is 20.0 Å². The molecule has 3 aromatic carbocycles. The van der Waals surface area contributed by atoms with Crippen LogP contribution in [0.3, 0.4) is 0 Å². The minimum Gasteiger partial charge on any atom is -0.508 e. The highest BCUT2D eigenvalue weighted by molar-refractivity contribution is 5.87. The SMILES string of the molecule is O=c1cc(-c2cccc([N+](=O)[O-])c2)nc(-c2ccc3cc(O)ccc3c2)[nH]1. The van der Waals surface area contributed by atoms with Crippen molar-refractivity contribution in [2.45, 2.75) is 0 Å². The molecule has 132 valence electrons. The number of phenolic OH excluding ortho intramolecular Hbond substituents is 1. The summed E-state index contributed by atoms with van der Waals surface area (Å²) in [4.78, 5) is 29.8. The molecule has 0 aliphatic heterocycles. The molecule has 2 N–H and O–H groups in total. The number of benzene rings is 3. The largest absolute Gasteiger partial charge is 0.508 e. The number of non-ortho nitro benzene ring substituents is 1. The average molecular weight is 359 g/mol. The van der Waals surface area contributed by atoms with Crippen molar-refractivity contribution in [3.8, 4) is 28.4 Å². The molecule has 0 amide bonds. The summed E-state index contributed by atoms with van der Waals surface area (Å²) >= 11 is 0. The summed E-state index contributed by atoms with van der Waals surface area (Å²) < 4.78 is 0. The number of fused-ring (bicyclic) bond motifs is 1. The normalized spacial score (nSPS) is 10.8. The van der Waals surface area contributed by atoms with Gasteiger partial charge in [0.2, 0.25) is 0 Å². The molecule has 0 aliphatic rings. The molecule has 0 saturated carbocycles. The molecule has 0 unspecified atom stereocenters. The lowest BCUT2D eigenvalue weighted by molar-refractivity contribution is -0.384. The van der Waals surface area contributed by atoms with Gasteiger partial charge in [0.1, 0.15) is 11.6 Å². The van der Waals surface area contributed by atoms with E-state index >= 15 is 0 Å². The lowest BCUT2D eigenvalue weighted by Crippen LogP contribution is -2.08. The zero-order valence-corrected chi connectivity index (χ0v) is 13.9. The molecular formula is C20H13N3O4. The van der Waals surface area contributed by atoms with E-state index in [0.717, 1.165) is 10.8 Å². The van der Waals surface area contributed by atoms with Crippen LogP contribution in [0.4, 0.5) is 5.69 Å². The molecule has 0 saturated heterocycles. The second-order valence-electron chi connectivity index (χ2n) is 6.03. The average Bonchev–Trinajstić information content (AvgIpc) is 2.67. The van der Waals surface area contributed by atoms with Gasteiger partial charge in [-0.25, -0.2) is 4.98 Å². The number of phenols is 1. The van der Waals surface area contributed by atoms with Gasteiger partial charge >= 0.3 is 0 Å². The summed E-state index contributed by atoms with van der Waals surface area (Å²) in [6.07, 6.45) is 0. The van der Waals surface area contributed by atoms with E-state index in [4.69, 9.17) is 0 Å². The van der Waals surface area contributed by atoms with Crippen molar-refractivity contribution < 1.29 is 10.0 Å². The molecule has 0 fully saturated rings. The lowest BCUT2D eigenvalue weighted by Gasteiger charge is -2.06. The van der Waals surface area contributed by atoms with E-state index in [1.54, 1.807) is 36.4 Å². The van der Waals surface area contributed by atoms with Crippen LogP contribution in [0, 0.1) is 10.1 Å². The van der Waals surface area contributed by atoms with Gasteiger partial charge in [-0.3, -0.25) is 14.9 Å². The number of nitrogens with one attached hydrogen (secondary N) is 1. The number of aromatic hydroxyl groups is 1. The topological polar surface area (TPSA) is 109 Å². The number of nitro benzene ring substituents is 1. The number of hydrogen-bond acceptors (Lipinski definition) is 5. The van der Waals surface area contributed by atoms with Crippen molar-refractivity contribution in [2.75, 3.05) is 0 Å². The van der Waals surface area contributed by atoms with Gasteiger partial charge < -0.3 is 10.1 Å². The minimum absolute atomic E-state index is 0.0679. The Labute approximate surface area is 152 Å². The summed E-state index contributed by atoms with van der Waals surface area (Å²) in [5.74, 6) is 0.536. The monoisotopic (exact) mass is 359 g/mol. The molecule has 4 rings (SSSR count). The Morgan fingerprint density at radius 1 is 0.926 bits per heavy atom. The van der Waals surface area contributed by atoms with Crippen LogP contribution < -0.4 is 5.56 Å². The first kappa shape index (κ1) is 16.5. The van der Waals surface area contributed by atoms with Gasteiger partial charge in [-0.05, 0) is 29.0 Å². The molecule has 1 heterocycles. The highest BCUT2D eigenvalue weighted by Crippen LogP contribution is 2.26. The molecule has 27 heavy (non-hydrogen) atoms. The minimum atomic E-state index is -0.490. The van der Waals surface area contributed by atoms with Gasteiger partial charge in [0, 0.05) is 29.3 Å². The molecule has 0 aliphatic carbocycles. The van der Waals surface area contributed by atoms with Gasteiger partial charge in [-0.1, -0.05) is 30.3 Å². The number of aromatic nitrogens is 2. The number of aromatic amines is 1. The molecule has 7 nitrogen and oxygen atoms in total. The van der Waals surface area contributed by atoms with E-state index in [2.05, 4.69) is 9.97 Å². The van der Waals surface area contributed by atoms with Crippen LogP contribution in [0.2, 0.25) is 0 Å². The first-order chi connectivity index (χ1) is 13.0. The first-order valence-electron chi connectivity index (χ1n) is 8.09. The molecular weight excluding hydrogens is 346 g/mol. The van der Waals surface area contributed by atoms with Crippen molar-refractivity contribution in [1.29, 1.82) is 0 Å². The number of hydrogen-bond donors (Lipinski definition) is 2. The Morgan fingerprint density at radius 3 is 2.52 bits per heavy atom. The Balaban J connectivity index is 1.83. The predicted octanol–water partition coefficient (Wildman–Crippen LogP) is 3.87. The quantitative estimate of drug-likeness (QED) is 0.426. The first-order valence-corrected chi connectivity index (χ1v) is 8.09. The Bertz CT molecular complexity index is 1250. The van der Waals surface area contributed by atoms with Crippen LogP contribution >= 0.6 is 0 Å². The van der Waals surface area contributed by atoms with E-state index in [0.29, 0.717) is 22.6 Å². The molecule has 4 aromatic rings. The third-order valence-corrected chi connectivity index (χ3v) is 4.19. The fourth-order valence-corrected chi connectivity index (χ4v) is 2.90. The third kappa shape index (κ3) is 3.25. The van der Waals surface area contributed by atoms with Crippen molar-refractivity contribution in [3.05, 3.63) is 87.2 Å².